The Bertz CT molecular complexity index is 684. The molecule has 1 atom stereocenters. The van der Waals surface area contributed by atoms with E-state index in [1.807, 2.05) is 35.2 Å². The Kier molecular flexibility index (Phi) is 9.84. The Morgan fingerprint density at radius 1 is 1.26 bits per heavy atom. The monoisotopic (exact) mass is 413 g/mol. The smallest absolute Gasteiger partial charge is 0.222 e. The van der Waals surface area contributed by atoms with E-state index in [0.29, 0.717) is 24.7 Å². The quantitative estimate of drug-likeness (QED) is 0.773. The molecule has 0 radical (unpaired) electrons. The number of nitrogens with zero attached hydrogens (tertiary/aromatic N) is 2. The van der Waals surface area contributed by atoms with E-state index >= 15 is 0 Å². The minimum absolute atomic E-state index is 0. The number of likely N-dealkylation sites (tertiary alicyclic amines) is 1. The maximum Gasteiger partial charge on any atom is 0.222 e. The van der Waals surface area contributed by atoms with Gasteiger partial charge in [0.15, 0.2) is 11.7 Å². The van der Waals surface area contributed by atoms with Crippen LogP contribution in [0.5, 0.6) is 0 Å². The second kappa shape index (κ2) is 11.3. The van der Waals surface area contributed by atoms with Crippen LogP contribution in [0.25, 0.3) is 11.3 Å². The van der Waals surface area contributed by atoms with E-state index in [9.17, 15) is 4.79 Å². The fraction of sp³-hybridized carbons (Fsp3) is 0.500. The highest BCUT2D eigenvalue weighted by Gasteiger charge is 2.24. The number of nitrogens with two attached hydrogens (primary N) is 1. The molecule has 0 aliphatic carbocycles. The summed E-state index contributed by atoms with van der Waals surface area (Å²) in [5, 5.41) is 0. The topological polar surface area (TPSA) is 72.4 Å². The van der Waals surface area contributed by atoms with Crippen LogP contribution in [0, 0.1) is 5.92 Å². The molecule has 0 bridgehead atoms. The Morgan fingerprint density at radius 2 is 1.93 bits per heavy atom. The number of hydrogen-bond acceptors (Lipinski definition) is 4. The number of aromatic nitrogens is 1. The molecule has 1 aromatic heterocycles. The number of hydrogen-bond donors (Lipinski definition) is 1. The molecule has 1 aromatic carbocycles. The first kappa shape index (κ1) is 23.5. The number of rotatable bonds is 6. The lowest BCUT2D eigenvalue weighted by molar-refractivity contribution is -0.132. The number of halogens is 2. The number of oxazole rings is 1. The zero-order valence-electron chi connectivity index (χ0n) is 15.7. The van der Waals surface area contributed by atoms with Crippen LogP contribution in [0.3, 0.4) is 0 Å². The molecular formula is C20H29Cl2N3O2. The van der Waals surface area contributed by atoms with Crippen molar-refractivity contribution in [2.75, 3.05) is 13.1 Å². The molecule has 3 rings (SSSR count). The third-order valence-corrected chi connectivity index (χ3v) is 5.03. The first-order chi connectivity index (χ1) is 12.1. The van der Waals surface area contributed by atoms with Crippen LogP contribution in [0.4, 0.5) is 0 Å². The molecule has 1 aliphatic heterocycles. The van der Waals surface area contributed by atoms with Gasteiger partial charge in [0, 0.05) is 37.5 Å². The average molecular weight is 414 g/mol. The predicted octanol–water partition coefficient (Wildman–Crippen LogP) is 4.09. The number of carbonyl (C=O) groups is 1. The number of aryl methyl sites for hydroxylation is 1. The van der Waals surface area contributed by atoms with Crippen molar-refractivity contribution in [2.45, 2.75) is 45.1 Å². The highest BCUT2D eigenvalue weighted by molar-refractivity contribution is 5.85. The van der Waals surface area contributed by atoms with Gasteiger partial charge in [0.05, 0.1) is 6.20 Å². The minimum Gasteiger partial charge on any atom is -0.441 e. The predicted molar refractivity (Wildman–Crippen MR) is 112 cm³/mol. The van der Waals surface area contributed by atoms with Crippen molar-refractivity contribution in [3.63, 3.8) is 0 Å². The van der Waals surface area contributed by atoms with E-state index in [2.05, 4.69) is 11.9 Å². The number of piperidine rings is 1. The number of amides is 1. The summed E-state index contributed by atoms with van der Waals surface area (Å²) in [6, 6.07) is 10.2. The van der Waals surface area contributed by atoms with Crippen molar-refractivity contribution in [1.29, 1.82) is 0 Å². The van der Waals surface area contributed by atoms with Gasteiger partial charge in [-0.25, -0.2) is 4.98 Å². The molecule has 7 heteroatoms. The van der Waals surface area contributed by atoms with E-state index in [4.69, 9.17) is 10.2 Å². The zero-order chi connectivity index (χ0) is 17.6. The molecule has 1 fully saturated rings. The molecule has 5 nitrogen and oxygen atoms in total. The molecule has 1 aliphatic rings. The Morgan fingerprint density at radius 3 is 2.56 bits per heavy atom. The first-order valence-corrected chi connectivity index (χ1v) is 9.17. The van der Waals surface area contributed by atoms with Gasteiger partial charge in [-0.3, -0.25) is 4.79 Å². The summed E-state index contributed by atoms with van der Waals surface area (Å²) in [7, 11) is 0. The van der Waals surface area contributed by atoms with Gasteiger partial charge in [-0.1, -0.05) is 30.3 Å². The maximum absolute atomic E-state index is 12.3. The van der Waals surface area contributed by atoms with E-state index in [1.165, 1.54) is 0 Å². The van der Waals surface area contributed by atoms with Gasteiger partial charge in [0.2, 0.25) is 5.91 Å². The zero-order valence-corrected chi connectivity index (χ0v) is 17.3. The summed E-state index contributed by atoms with van der Waals surface area (Å²) in [6.07, 6.45) is 5.79. The number of benzene rings is 1. The maximum atomic E-state index is 12.3. The van der Waals surface area contributed by atoms with Crippen LogP contribution in [0.15, 0.2) is 40.9 Å². The highest BCUT2D eigenvalue weighted by atomic mass is 35.5. The Hall–Kier alpha value is -1.56. The first-order valence-electron chi connectivity index (χ1n) is 9.17. The van der Waals surface area contributed by atoms with Crippen molar-refractivity contribution in [3.05, 3.63) is 42.4 Å². The standard InChI is InChI=1S/C20H27N3O2.2ClH/c1-15(21)16-10-12-23(13-11-16)20(24)9-5-8-19-22-14-18(25-19)17-6-3-2-4-7-17;;/h2-4,6-7,14-16H,5,8-13,21H2,1H3;2*1H. The lowest BCUT2D eigenvalue weighted by Crippen LogP contribution is -2.42. The SMILES string of the molecule is CC(N)C1CCN(C(=O)CCCc2ncc(-c3ccccc3)o2)CC1.Cl.Cl. The van der Waals surface area contributed by atoms with Crippen molar-refractivity contribution in [2.24, 2.45) is 11.7 Å². The summed E-state index contributed by atoms with van der Waals surface area (Å²) >= 11 is 0. The van der Waals surface area contributed by atoms with Crippen LogP contribution >= 0.6 is 24.8 Å². The lowest BCUT2D eigenvalue weighted by Gasteiger charge is -2.33. The van der Waals surface area contributed by atoms with Crippen LogP contribution in [0.2, 0.25) is 0 Å². The van der Waals surface area contributed by atoms with Crippen LogP contribution < -0.4 is 5.73 Å². The Labute approximate surface area is 173 Å². The van der Waals surface area contributed by atoms with E-state index in [1.54, 1.807) is 6.20 Å². The van der Waals surface area contributed by atoms with Crippen LogP contribution in [-0.4, -0.2) is 34.9 Å². The summed E-state index contributed by atoms with van der Waals surface area (Å²) < 4.78 is 5.79. The summed E-state index contributed by atoms with van der Waals surface area (Å²) in [4.78, 5) is 18.6. The van der Waals surface area contributed by atoms with Crippen molar-refractivity contribution in [3.8, 4) is 11.3 Å². The molecule has 0 saturated carbocycles. The number of carbonyl (C=O) groups excluding carboxylic acids is 1. The van der Waals surface area contributed by atoms with E-state index in [0.717, 1.165) is 43.7 Å². The largest absolute Gasteiger partial charge is 0.441 e. The van der Waals surface area contributed by atoms with Crippen molar-refractivity contribution < 1.29 is 9.21 Å². The molecule has 150 valence electrons. The molecule has 2 heterocycles. The third-order valence-electron chi connectivity index (χ3n) is 5.03. The molecule has 2 N–H and O–H groups in total. The molecule has 1 saturated heterocycles. The fourth-order valence-electron chi connectivity index (χ4n) is 3.39. The molecular weight excluding hydrogens is 385 g/mol. The third kappa shape index (κ3) is 6.52. The minimum atomic E-state index is 0. The van der Waals surface area contributed by atoms with Crippen molar-refractivity contribution >= 4 is 30.7 Å². The lowest BCUT2D eigenvalue weighted by atomic mass is 9.91. The summed E-state index contributed by atoms with van der Waals surface area (Å²) in [5.41, 5.74) is 6.98. The second-order valence-electron chi connectivity index (χ2n) is 6.92. The molecule has 1 unspecified atom stereocenters. The summed E-state index contributed by atoms with van der Waals surface area (Å²) in [5.74, 6) is 2.26. The van der Waals surface area contributed by atoms with Gasteiger partial charge >= 0.3 is 0 Å². The molecule has 2 aromatic rings. The van der Waals surface area contributed by atoms with Gasteiger partial charge in [-0.15, -0.1) is 24.8 Å². The Balaban J connectivity index is 0.00000182. The average Bonchev–Trinajstić information content (AvgIpc) is 3.11. The van der Waals surface area contributed by atoms with Gasteiger partial charge in [0.1, 0.15) is 0 Å². The highest BCUT2D eigenvalue weighted by Crippen LogP contribution is 2.22. The van der Waals surface area contributed by atoms with E-state index in [-0.39, 0.29) is 36.8 Å². The van der Waals surface area contributed by atoms with Crippen LogP contribution in [-0.2, 0) is 11.2 Å². The summed E-state index contributed by atoms with van der Waals surface area (Å²) in [6.45, 7) is 3.73. The second-order valence-corrected chi connectivity index (χ2v) is 6.92. The molecule has 0 spiro atoms. The van der Waals surface area contributed by atoms with Gasteiger partial charge in [-0.2, -0.15) is 0 Å². The van der Waals surface area contributed by atoms with Gasteiger partial charge < -0.3 is 15.1 Å². The molecule has 1 amide bonds. The van der Waals surface area contributed by atoms with Gasteiger partial charge in [-0.05, 0) is 32.1 Å². The van der Waals surface area contributed by atoms with E-state index < -0.39 is 0 Å². The van der Waals surface area contributed by atoms with Gasteiger partial charge in [0.25, 0.3) is 0 Å². The fourth-order valence-corrected chi connectivity index (χ4v) is 3.39. The normalized spacial score (nSPS) is 15.6. The van der Waals surface area contributed by atoms with Crippen molar-refractivity contribution in [1.82, 2.24) is 9.88 Å². The molecule has 27 heavy (non-hydrogen) atoms. The van der Waals surface area contributed by atoms with Crippen LogP contribution in [0.1, 0.15) is 38.5 Å².